The van der Waals surface area contributed by atoms with Crippen LogP contribution in [0.1, 0.15) is 27.2 Å². The van der Waals surface area contributed by atoms with Gasteiger partial charge in [-0.1, -0.05) is 6.92 Å². The normalized spacial score (nSPS) is 10.2. The molecule has 68 valence electrons. The predicted octanol–water partition coefficient (Wildman–Crippen LogP) is 0.998. The fraction of sp³-hybridized carbons (Fsp3) is 0.750. The monoisotopic (exact) mass is 169 g/mol. The number of hydrogen-bond donors (Lipinski definition) is 2. The lowest BCUT2D eigenvalue weighted by Gasteiger charge is -2.17. The molecule has 4 nitrogen and oxygen atoms in total. The fourth-order valence-corrected chi connectivity index (χ4v) is 0.595. The largest absolute Gasteiger partial charge is 0.338 e. The highest BCUT2D eigenvalue weighted by Crippen LogP contribution is 1.97. The third-order valence-corrected chi connectivity index (χ3v) is 1.24. The number of carbonyl (C=O) groups excluding carboxylic acids is 1. The van der Waals surface area contributed by atoms with Gasteiger partial charge in [-0.25, -0.2) is 4.79 Å². The van der Waals surface area contributed by atoms with Gasteiger partial charge >= 0.3 is 6.03 Å². The van der Waals surface area contributed by atoms with Crippen molar-refractivity contribution >= 4 is 6.03 Å². The van der Waals surface area contributed by atoms with Gasteiger partial charge in [0, 0.05) is 6.54 Å². The van der Waals surface area contributed by atoms with Crippen molar-refractivity contribution in [3.63, 3.8) is 0 Å². The predicted molar refractivity (Wildman–Crippen MR) is 46.5 cm³/mol. The lowest BCUT2D eigenvalue weighted by Crippen LogP contribution is -2.47. The smallest absolute Gasteiger partial charge is 0.316 e. The van der Waals surface area contributed by atoms with E-state index in [0.717, 1.165) is 6.42 Å². The standard InChI is InChI=1S/C8H15N3O/c1-4-5-10-7(12)11-8(2,3)6-9/h4-5H2,1-3H3,(H2,10,11,12). The highest BCUT2D eigenvalue weighted by Gasteiger charge is 2.18. The minimum Gasteiger partial charge on any atom is -0.338 e. The van der Waals surface area contributed by atoms with Crippen LogP contribution in [0.3, 0.4) is 0 Å². The van der Waals surface area contributed by atoms with Crippen molar-refractivity contribution in [1.29, 1.82) is 5.26 Å². The molecule has 0 spiro atoms. The van der Waals surface area contributed by atoms with Crippen LogP contribution in [-0.2, 0) is 0 Å². The molecule has 0 bridgehead atoms. The Bertz CT molecular complexity index is 193. The average molecular weight is 169 g/mol. The molecule has 0 aromatic rings. The molecule has 0 heterocycles. The summed E-state index contributed by atoms with van der Waals surface area (Å²) in [7, 11) is 0. The van der Waals surface area contributed by atoms with Gasteiger partial charge in [0.15, 0.2) is 0 Å². The van der Waals surface area contributed by atoms with Gasteiger partial charge in [-0.05, 0) is 20.3 Å². The van der Waals surface area contributed by atoms with E-state index in [0.29, 0.717) is 6.54 Å². The van der Waals surface area contributed by atoms with Crippen LogP contribution in [0.2, 0.25) is 0 Å². The first-order chi connectivity index (χ1) is 5.52. The first kappa shape index (κ1) is 10.8. The summed E-state index contributed by atoms with van der Waals surface area (Å²) < 4.78 is 0. The molecule has 0 aromatic carbocycles. The van der Waals surface area contributed by atoms with E-state index >= 15 is 0 Å². The molecule has 0 aromatic heterocycles. The van der Waals surface area contributed by atoms with Gasteiger partial charge in [0.25, 0.3) is 0 Å². The van der Waals surface area contributed by atoms with Gasteiger partial charge < -0.3 is 10.6 Å². The van der Waals surface area contributed by atoms with E-state index in [1.165, 1.54) is 0 Å². The minimum atomic E-state index is -0.794. The van der Waals surface area contributed by atoms with E-state index in [4.69, 9.17) is 5.26 Å². The summed E-state index contributed by atoms with van der Waals surface area (Å²) in [5.41, 5.74) is -0.794. The maximum absolute atomic E-state index is 11.0. The summed E-state index contributed by atoms with van der Waals surface area (Å²) in [5, 5.41) is 13.7. The van der Waals surface area contributed by atoms with Gasteiger partial charge in [0.2, 0.25) is 0 Å². The molecule has 0 aliphatic carbocycles. The number of carbonyl (C=O) groups is 1. The molecular formula is C8H15N3O. The molecule has 0 saturated heterocycles. The van der Waals surface area contributed by atoms with Crippen molar-refractivity contribution in [3.05, 3.63) is 0 Å². The highest BCUT2D eigenvalue weighted by molar-refractivity contribution is 5.75. The quantitative estimate of drug-likeness (QED) is 0.662. The second-order valence-electron chi connectivity index (χ2n) is 3.12. The molecule has 0 rings (SSSR count). The number of urea groups is 1. The highest BCUT2D eigenvalue weighted by atomic mass is 16.2. The molecule has 2 N–H and O–H groups in total. The fourth-order valence-electron chi connectivity index (χ4n) is 0.595. The molecule has 0 fully saturated rings. The van der Waals surface area contributed by atoms with Crippen LogP contribution in [0.15, 0.2) is 0 Å². The van der Waals surface area contributed by atoms with Gasteiger partial charge in [-0.15, -0.1) is 0 Å². The van der Waals surface area contributed by atoms with Crippen LogP contribution in [0.25, 0.3) is 0 Å². The molecule has 0 radical (unpaired) electrons. The Hall–Kier alpha value is -1.24. The van der Waals surface area contributed by atoms with Gasteiger partial charge in [0.05, 0.1) is 6.07 Å². The summed E-state index contributed by atoms with van der Waals surface area (Å²) in [4.78, 5) is 11.0. The average Bonchev–Trinajstić information content (AvgIpc) is 2.00. The van der Waals surface area contributed by atoms with E-state index in [1.807, 2.05) is 13.0 Å². The summed E-state index contributed by atoms with van der Waals surface area (Å²) in [6.07, 6.45) is 0.889. The Balaban J connectivity index is 3.78. The van der Waals surface area contributed by atoms with Crippen molar-refractivity contribution in [1.82, 2.24) is 10.6 Å². The minimum absolute atomic E-state index is 0.289. The molecule has 0 unspecified atom stereocenters. The zero-order valence-corrected chi connectivity index (χ0v) is 7.77. The summed E-state index contributed by atoms with van der Waals surface area (Å²) in [6, 6.07) is 1.69. The zero-order valence-electron chi connectivity index (χ0n) is 7.77. The summed E-state index contributed by atoms with van der Waals surface area (Å²) in [6.45, 7) is 5.90. The van der Waals surface area contributed by atoms with E-state index in [2.05, 4.69) is 10.6 Å². The number of amides is 2. The maximum Gasteiger partial charge on any atom is 0.316 e. The first-order valence-corrected chi connectivity index (χ1v) is 3.99. The number of nitriles is 1. The van der Waals surface area contributed by atoms with E-state index < -0.39 is 5.54 Å². The molecule has 0 aliphatic rings. The van der Waals surface area contributed by atoms with Gasteiger partial charge in [-0.2, -0.15) is 5.26 Å². The van der Waals surface area contributed by atoms with E-state index in [9.17, 15) is 4.79 Å². The van der Waals surface area contributed by atoms with Crippen LogP contribution in [0.4, 0.5) is 4.79 Å². The van der Waals surface area contributed by atoms with E-state index in [-0.39, 0.29) is 6.03 Å². The first-order valence-electron chi connectivity index (χ1n) is 3.99. The van der Waals surface area contributed by atoms with Crippen molar-refractivity contribution in [3.8, 4) is 6.07 Å². The zero-order chi connectivity index (χ0) is 9.61. The van der Waals surface area contributed by atoms with Crippen molar-refractivity contribution in [2.75, 3.05) is 6.54 Å². The number of hydrogen-bond acceptors (Lipinski definition) is 2. The van der Waals surface area contributed by atoms with Crippen LogP contribution in [-0.4, -0.2) is 18.1 Å². The van der Waals surface area contributed by atoms with Crippen molar-refractivity contribution in [2.45, 2.75) is 32.7 Å². The Morgan fingerprint density at radius 3 is 2.58 bits per heavy atom. The maximum atomic E-state index is 11.0. The summed E-state index contributed by atoms with van der Waals surface area (Å²) in [5.74, 6) is 0. The summed E-state index contributed by atoms with van der Waals surface area (Å²) >= 11 is 0. The van der Waals surface area contributed by atoms with Crippen LogP contribution in [0.5, 0.6) is 0 Å². The molecule has 0 saturated carbocycles. The van der Waals surface area contributed by atoms with Gasteiger partial charge in [-0.3, -0.25) is 0 Å². The Kier molecular flexibility index (Phi) is 4.12. The topological polar surface area (TPSA) is 64.9 Å². The molecule has 0 aliphatic heterocycles. The van der Waals surface area contributed by atoms with Crippen molar-refractivity contribution < 1.29 is 4.79 Å². The molecule has 0 atom stereocenters. The molecule has 4 heteroatoms. The molecular weight excluding hydrogens is 154 g/mol. The number of nitrogens with one attached hydrogen (secondary N) is 2. The number of rotatable bonds is 3. The van der Waals surface area contributed by atoms with E-state index in [1.54, 1.807) is 13.8 Å². The third-order valence-electron chi connectivity index (χ3n) is 1.24. The lowest BCUT2D eigenvalue weighted by atomic mass is 10.1. The van der Waals surface area contributed by atoms with Crippen LogP contribution in [0, 0.1) is 11.3 Å². The Morgan fingerprint density at radius 2 is 2.17 bits per heavy atom. The SMILES string of the molecule is CCCNC(=O)NC(C)(C)C#N. The second kappa shape index (κ2) is 4.60. The van der Waals surface area contributed by atoms with Crippen molar-refractivity contribution in [2.24, 2.45) is 0 Å². The number of nitrogens with zero attached hydrogens (tertiary/aromatic N) is 1. The second-order valence-corrected chi connectivity index (χ2v) is 3.12. The third kappa shape index (κ3) is 4.56. The van der Waals surface area contributed by atoms with Crippen LogP contribution >= 0.6 is 0 Å². The Labute approximate surface area is 72.9 Å². The molecule has 2 amide bonds. The lowest BCUT2D eigenvalue weighted by molar-refractivity contribution is 0.235. The van der Waals surface area contributed by atoms with Gasteiger partial charge in [0.1, 0.15) is 5.54 Å². The van der Waals surface area contributed by atoms with Crippen LogP contribution < -0.4 is 10.6 Å². The molecule has 12 heavy (non-hydrogen) atoms. The Morgan fingerprint density at radius 1 is 1.58 bits per heavy atom.